The summed E-state index contributed by atoms with van der Waals surface area (Å²) in [5.41, 5.74) is 3.46. The minimum atomic E-state index is 0.770. The van der Waals surface area contributed by atoms with Gasteiger partial charge in [-0.05, 0) is 35.7 Å². The van der Waals surface area contributed by atoms with Crippen LogP contribution in [0, 0.1) is 0 Å². The minimum absolute atomic E-state index is 0.770. The van der Waals surface area contributed by atoms with Gasteiger partial charge >= 0.3 is 0 Å². The second-order valence-electron chi connectivity index (χ2n) is 4.27. The Labute approximate surface area is 111 Å². The molecule has 2 heteroatoms. The zero-order valence-corrected chi connectivity index (χ0v) is 10.6. The average Bonchev–Trinajstić information content (AvgIpc) is 2.40. The highest BCUT2D eigenvalue weighted by atomic mass is 35.5. The maximum Gasteiger partial charge on any atom is 0.0719 e. The SMILES string of the molecule is Clc1cccc2nccc(Cc3ccccc3)c12. The summed E-state index contributed by atoms with van der Waals surface area (Å²) in [6.07, 6.45) is 2.72. The van der Waals surface area contributed by atoms with Crippen molar-refractivity contribution in [3.8, 4) is 0 Å². The Morgan fingerprint density at radius 3 is 2.56 bits per heavy atom. The third kappa shape index (κ3) is 2.09. The summed E-state index contributed by atoms with van der Waals surface area (Å²) in [7, 11) is 0. The fourth-order valence-corrected chi connectivity index (χ4v) is 2.48. The zero-order valence-electron chi connectivity index (χ0n) is 9.81. The van der Waals surface area contributed by atoms with Crippen molar-refractivity contribution in [2.45, 2.75) is 6.42 Å². The number of halogens is 1. The molecular formula is C16H12ClN. The third-order valence-corrected chi connectivity index (χ3v) is 3.35. The van der Waals surface area contributed by atoms with E-state index in [1.165, 1.54) is 11.1 Å². The van der Waals surface area contributed by atoms with E-state index in [2.05, 4.69) is 29.2 Å². The molecule has 0 spiro atoms. The Morgan fingerprint density at radius 1 is 0.889 bits per heavy atom. The van der Waals surface area contributed by atoms with Gasteiger partial charge in [0.05, 0.1) is 10.5 Å². The number of nitrogens with zero attached hydrogens (tertiary/aromatic N) is 1. The molecule has 0 bridgehead atoms. The molecule has 1 heterocycles. The van der Waals surface area contributed by atoms with Crippen LogP contribution in [0.5, 0.6) is 0 Å². The first kappa shape index (κ1) is 11.2. The molecule has 0 aliphatic heterocycles. The van der Waals surface area contributed by atoms with Crippen molar-refractivity contribution < 1.29 is 0 Å². The van der Waals surface area contributed by atoms with Crippen molar-refractivity contribution >= 4 is 22.5 Å². The number of hydrogen-bond donors (Lipinski definition) is 0. The summed E-state index contributed by atoms with van der Waals surface area (Å²) in [4.78, 5) is 4.36. The number of benzene rings is 2. The summed E-state index contributed by atoms with van der Waals surface area (Å²) in [5.74, 6) is 0. The Bertz CT molecular complexity index is 672. The van der Waals surface area contributed by atoms with Gasteiger partial charge in [-0.1, -0.05) is 48.0 Å². The summed E-state index contributed by atoms with van der Waals surface area (Å²) in [6.45, 7) is 0. The van der Waals surface area contributed by atoms with E-state index < -0.39 is 0 Å². The zero-order chi connectivity index (χ0) is 12.4. The molecule has 18 heavy (non-hydrogen) atoms. The van der Waals surface area contributed by atoms with E-state index in [1.807, 2.05) is 36.5 Å². The van der Waals surface area contributed by atoms with Crippen LogP contribution in [0.15, 0.2) is 60.8 Å². The van der Waals surface area contributed by atoms with Crippen LogP contribution >= 0.6 is 11.6 Å². The molecular weight excluding hydrogens is 242 g/mol. The lowest BCUT2D eigenvalue weighted by atomic mass is 10.0. The van der Waals surface area contributed by atoms with Crippen LogP contribution in [0.2, 0.25) is 5.02 Å². The molecule has 0 saturated heterocycles. The number of pyridine rings is 1. The molecule has 0 aliphatic carbocycles. The summed E-state index contributed by atoms with van der Waals surface area (Å²) in [6, 6.07) is 18.3. The van der Waals surface area contributed by atoms with Gasteiger partial charge in [-0.3, -0.25) is 4.98 Å². The maximum absolute atomic E-state index is 6.29. The number of fused-ring (bicyclic) bond motifs is 1. The number of hydrogen-bond acceptors (Lipinski definition) is 1. The highest BCUT2D eigenvalue weighted by Crippen LogP contribution is 2.26. The number of rotatable bonds is 2. The van der Waals surface area contributed by atoms with Crippen LogP contribution in [-0.4, -0.2) is 4.98 Å². The topological polar surface area (TPSA) is 12.9 Å². The lowest BCUT2D eigenvalue weighted by molar-refractivity contribution is 1.20. The van der Waals surface area contributed by atoms with Crippen LogP contribution in [0.25, 0.3) is 10.9 Å². The molecule has 0 N–H and O–H groups in total. The van der Waals surface area contributed by atoms with E-state index in [0.29, 0.717) is 0 Å². The van der Waals surface area contributed by atoms with Gasteiger partial charge in [0, 0.05) is 11.6 Å². The van der Waals surface area contributed by atoms with Crippen LogP contribution in [0.4, 0.5) is 0 Å². The molecule has 0 saturated carbocycles. The predicted octanol–water partition coefficient (Wildman–Crippen LogP) is 4.48. The normalized spacial score (nSPS) is 10.7. The third-order valence-electron chi connectivity index (χ3n) is 3.04. The lowest BCUT2D eigenvalue weighted by Gasteiger charge is -2.07. The predicted molar refractivity (Wildman–Crippen MR) is 76.0 cm³/mol. The van der Waals surface area contributed by atoms with Gasteiger partial charge in [0.25, 0.3) is 0 Å². The Balaban J connectivity index is 2.12. The largest absolute Gasteiger partial charge is 0.256 e. The van der Waals surface area contributed by atoms with Crippen molar-refractivity contribution in [2.24, 2.45) is 0 Å². The van der Waals surface area contributed by atoms with Crippen LogP contribution in [-0.2, 0) is 6.42 Å². The Morgan fingerprint density at radius 2 is 1.72 bits per heavy atom. The van der Waals surface area contributed by atoms with Crippen LogP contribution < -0.4 is 0 Å². The molecule has 0 radical (unpaired) electrons. The molecule has 0 amide bonds. The van der Waals surface area contributed by atoms with Crippen LogP contribution in [0.1, 0.15) is 11.1 Å². The fraction of sp³-hybridized carbons (Fsp3) is 0.0625. The van der Waals surface area contributed by atoms with E-state index in [9.17, 15) is 0 Å². The monoisotopic (exact) mass is 253 g/mol. The molecule has 3 rings (SSSR count). The highest BCUT2D eigenvalue weighted by molar-refractivity contribution is 6.35. The first-order valence-corrected chi connectivity index (χ1v) is 6.28. The van der Waals surface area contributed by atoms with Crippen LogP contribution in [0.3, 0.4) is 0 Å². The first-order chi connectivity index (χ1) is 8.84. The minimum Gasteiger partial charge on any atom is -0.256 e. The second kappa shape index (κ2) is 4.79. The first-order valence-electron chi connectivity index (χ1n) is 5.90. The van der Waals surface area contributed by atoms with Gasteiger partial charge in [0.1, 0.15) is 0 Å². The van der Waals surface area contributed by atoms with Gasteiger partial charge in [-0.2, -0.15) is 0 Å². The Hall–Kier alpha value is -1.86. The molecule has 3 aromatic rings. The molecule has 0 atom stereocenters. The number of aromatic nitrogens is 1. The van der Waals surface area contributed by atoms with E-state index in [4.69, 9.17) is 11.6 Å². The van der Waals surface area contributed by atoms with Crippen molar-refractivity contribution in [3.05, 3.63) is 76.9 Å². The second-order valence-corrected chi connectivity index (χ2v) is 4.67. The van der Waals surface area contributed by atoms with E-state index in [-0.39, 0.29) is 0 Å². The van der Waals surface area contributed by atoms with Crippen molar-refractivity contribution in [1.29, 1.82) is 0 Å². The molecule has 2 aromatic carbocycles. The van der Waals surface area contributed by atoms with Crippen molar-refractivity contribution in [2.75, 3.05) is 0 Å². The van der Waals surface area contributed by atoms with E-state index in [1.54, 1.807) is 0 Å². The summed E-state index contributed by atoms with van der Waals surface area (Å²) >= 11 is 6.29. The van der Waals surface area contributed by atoms with Gasteiger partial charge < -0.3 is 0 Å². The molecule has 88 valence electrons. The molecule has 0 unspecified atom stereocenters. The average molecular weight is 254 g/mol. The van der Waals surface area contributed by atoms with Crippen molar-refractivity contribution in [3.63, 3.8) is 0 Å². The molecule has 0 aliphatic rings. The fourth-order valence-electron chi connectivity index (χ4n) is 2.19. The smallest absolute Gasteiger partial charge is 0.0719 e. The summed E-state index contributed by atoms with van der Waals surface area (Å²) < 4.78 is 0. The van der Waals surface area contributed by atoms with Gasteiger partial charge in [0.2, 0.25) is 0 Å². The van der Waals surface area contributed by atoms with Gasteiger partial charge in [0.15, 0.2) is 0 Å². The Kier molecular flexibility index (Phi) is 2.99. The molecule has 1 nitrogen and oxygen atoms in total. The van der Waals surface area contributed by atoms with E-state index in [0.717, 1.165) is 22.3 Å². The molecule has 0 fully saturated rings. The molecule has 1 aromatic heterocycles. The highest BCUT2D eigenvalue weighted by Gasteiger charge is 2.06. The maximum atomic E-state index is 6.29. The van der Waals surface area contributed by atoms with E-state index >= 15 is 0 Å². The lowest BCUT2D eigenvalue weighted by Crippen LogP contribution is -1.91. The summed E-state index contributed by atoms with van der Waals surface area (Å²) in [5, 5.41) is 1.83. The van der Waals surface area contributed by atoms with Gasteiger partial charge in [-0.25, -0.2) is 0 Å². The standard InChI is InChI=1S/C16H12ClN/c17-14-7-4-8-15-16(14)13(9-10-18-15)11-12-5-2-1-3-6-12/h1-10H,11H2. The quantitative estimate of drug-likeness (QED) is 0.656. The van der Waals surface area contributed by atoms with Gasteiger partial charge in [-0.15, -0.1) is 0 Å². The van der Waals surface area contributed by atoms with Crippen molar-refractivity contribution in [1.82, 2.24) is 4.98 Å².